The van der Waals surface area contributed by atoms with Gasteiger partial charge in [0.05, 0.1) is 5.56 Å². The Morgan fingerprint density at radius 1 is 1.33 bits per heavy atom. The van der Waals surface area contributed by atoms with Gasteiger partial charge in [-0.05, 0) is 50.3 Å². The second kappa shape index (κ2) is 5.70. The van der Waals surface area contributed by atoms with Gasteiger partial charge in [0.1, 0.15) is 5.82 Å². The normalized spacial score (nSPS) is 23.7. The van der Waals surface area contributed by atoms with Crippen LogP contribution in [0.4, 0.5) is 4.39 Å². The van der Waals surface area contributed by atoms with E-state index in [2.05, 4.69) is 5.32 Å². The molecule has 0 unspecified atom stereocenters. The smallest absolute Gasteiger partial charge is 0.254 e. The first-order chi connectivity index (χ1) is 8.56. The summed E-state index contributed by atoms with van der Waals surface area (Å²) in [5.74, 6) is -0.788. The van der Waals surface area contributed by atoms with Gasteiger partial charge in [-0.15, -0.1) is 11.6 Å². The standard InChI is InChI=1S/C14H17ClFNO/c1-9-2-7-12(13(16)8-9)14(18)17-11-5-3-10(15)4-6-11/h2,7-8,10-11H,3-6H2,1H3,(H,17,18). The molecule has 98 valence electrons. The minimum Gasteiger partial charge on any atom is -0.349 e. The maximum atomic E-state index is 13.6. The maximum Gasteiger partial charge on any atom is 0.254 e. The number of rotatable bonds is 2. The SMILES string of the molecule is Cc1ccc(C(=O)NC2CCC(Cl)CC2)c(F)c1. The van der Waals surface area contributed by atoms with Crippen LogP contribution >= 0.6 is 11.6 Å². The summed E-state index contributed by atoms with van der Waals surface area (Å²) >= 11 is 6.01. The van der Waals surface area contributed by atoms with E-state index < -0.39 is 5.82 Å². The van der Waals surface area contributed by atoms with Crippen molar-refractivity contribution in [1.82, 2.24) is 5.32 Å². The summed E-state index contributed by atoms with van der Waals surface area (Å²) in [5.41, 5.74) is 0.931. The molecule has 0 atom stereocenters. The van der Waals surface area contributed by atoms with Crippen LogP contribution in [0.5, 0.6) is 0 Å². The molecular weight excluding hydrogens is 253 g/mol. The van der Waals surface area contributed by atoms with Gasteiger partial charge in [0.25, 0.3) is 5.91 Å². The van der Waals surface area contributed by atoms with E-state index in [1.165, 1.54) is 12.1 Å². The molecule has 0 heterocycles. The Bertz CT molecular complexity index is 441. The molecule has 1 aliphatic rings. The zero-order chi connectivity index (χ0) is 13.1. The Morgan fingerprint density at radius 3 is 2.61 bits per heavy atom. The van der Waals surface area contributed by atoms with E-state index >= 15 is 0 Å². The van der Waals surface area contributed by atoms with Crippen molar-refractivity contribution in [2.75, 3.05) is 0 Å². The molecular formula is C14H17ClFNO. The first-order valence-electron chi connectivity index (χ1n) is 6.27. The lowest BCUT2D eigenvalue weighted by molar-refractivity contribution is 0.0924. The van der Waals surface area contributed by atoms with Gasteiger partial charge in [-0.3, -0.25) is 4.79 Å². The molecule has 2 rings (SSSR count). The molecule has 18 heavy (non-hydrogen) atoms. The molecule has 0 aliphatic heterocycles. The van der Waals surface area contributed by atoms with Crippen LogP contribution in [0.25, 0.3) is 0 Å². The number of carbonyl (C=O) groups excluding carboxylic acids is 1. The van der Waals surface area contributed by atoms with E-state index in [0.29, 0.717) is 0 Å². The lowest BCUT2D eigenvalue weighted by Crippen LogP contribution is -2.38. The van der Waals surface area contributed by atoms with E-state index in [9.17, 15) is 9.18 Å². The number of alkyl halides is 1. The van der Waals surface area contributed by atoms with Crippen molar-refractivity contribution in [1.29, 1.82) is 0 Å². The molecule has 1 saturated carbocycles. The van der Waals surface area contributed by atoms with Gasteiger partial charge in [0.2, 0.25) is 0 Å². The summed E-state index contributed by atoms with van der Waals surface area (Å²) in [5, 5.41) is 3.10. The predicted molar refractivity (Wildman–Crippen MR) is 70.5 cm³/mol. The van der Waals surface area contributed by atoms with Crippen molar-refractivity contribution >= 4 is 17.5 Å². The molecule has 1 amide bonds. The van der Waals surface area contributed by atoms with Gasteiger partial charge in [-0.1, -0.05) is 6.07 Å². The highest BCUT2D eigenvalue weighted by Gasteiger charge is 2.22. The fourth-order valence-corrected chi connectivity index (χ4v) is 2.52. The number of carbonyl (C=O) groups is 1. The topological polar surface area (TPSA) is 29.1 Å². The zero-order valence-electron chi connectivity index (χ0n) is 10.4. The number of nitrogens with one attached hydrogen (secondary N) is 1. The zero-order valence-corrected chi connectivity index (χ0v) is 11.1. The van der Waals surface area contributed by atoms with Gasteiger partial charge in [-0.25, -0.2) is 4.39 Å². The van der Waals surface area contributed by atoms with Crippen molar-refractivity contribution in [3.05, 3.63) is 35.1 Å². The molecule has 0 saturated heterocycles. The van der Waals surface area contributed by atoms with Crippen LogP contribution < -0.4 is 5.32 Å². The summed E-state index contributed by atoms with van der Waals surface area (Å²) in [7, 11) is 0. The number of halogens is 2. The van der Waals surface area contributed by atoms with Crippen molar-refractivity contribution in [2.24, 2.45) is 0 Å². The number of aryl methyl sites for hydroxylation is 1. The van der Waals surface area contributed by atoms with E-state index in [0.717, 1.165) is 31.2 Å². The molecule has 1 aliphatic carbocycles. The molecule has 4 heteroatoms. The predicted octanol–water partition coefficient (Wildman–Crippen LogP) is 3.41. The van der Waals surface area contributed by atoms with Crippen LogP contribution in [-0.2, 0) is 0 Å². The van der Waals surface area contributed by atoms with E-state index in [1.54, 1.807) is 13.0 Å². The molecule has 1 fully saturated rings. The van der Waals surface area contributed by atoms with Crippen molar-refractivity contribution in [3.8, 4) is 0 Å². The molecule has 1 aromatic carbocycles. The van der Waals surface area contributed by atoms with Crippen LogP contribution in [0.1, 0.15) is 41.6 Å². The van der Waals surface area contributed by atoms with Gasteiger partial charge in [0, 0.05) is 11.4 Å². The van der Waals surface area contributed by atoms with Crippen molar-refractivity contribution in [3.63, 3.8) is 0 Å². The highest BCUT2D eigenvalue weighted by Crippen LogP contribution is 2.23. The molecule has 0 bridgehead atoms. The minimum absolute atomic E-state index is 0.119. The van der Waals surface area contributed by atoms with Crippen LogP contribution in [0.2, 0.25) is 0 Å². The lowest BCUT2D eigenvalue weighted by atomic mass is 9.95. The maximum absolute atomic E-state index is 13.6. The Labute approximate surface area is 112 Å². The Morgan fingerprint density at radius 2 is 2.00 bits per heavy atom. The van der Waals surface area contributed by atoms with E-state index in [4.69, 9.17) is 11.6 Å². The number of hydrogen-bond acceptors (Lipinski definition) is 1. The summed E-state index contributed by atoms with van der Waals surface area (Å²) in [6, 6.07) is 4.78. The van der Waals surface area contributed by atoms with Crippen molar-refractivity contribution in [2.45, 2.75) is 44.0 Å². The highest BCUT2D eigenvalue weighted by molar-refractivity contribution is 6.20. The van der Waals surface area contributed by atoms with Gasteiger partial charge in [-0.2, -0.15) is 0 Å². The largest absolute Gasteiger partial charge is 0.349 e. The summed E-state index contributed by atoms with van der Waals surface area (Å²) in [6.45, 7) is 1.80. The molecule has 2 nitrogen and oxygen atoms in total. The fourth-order valence-electron chi connectivity index (χ4n) is 2.26. The third kappa shape index (κ3) is 3.22. The van der Waals surface area contributed by atoms with E-state index in [-0.39, 0.29) is 22.9 Å². The monoisotopic (exact) mass is 269 g/mol. The average molecular weight is 270 g/mol. The summed E-state index contributed by atoms with van der Waals surface area (Å²) in [6.07, 6.45) is 3.55. The lowest BCUT2D eigenvalue weighted by Gasteiger charge is -2.25. The summed E-state index contributed by atoms with van der Waals surface area (Å²) in [4.78, 5) is 11.9. The third-order valence-corrected chi connectivity index (χ3v) is 3.80. The first kappa shape index (κ1) is 13.3. The fraction of sp³-hybridized carbons (Fsp3) is 0.500. The molecule has 1 aromatic rings. The highest BCUT2D eigenvalue weighted by atomic mass is 35.5. The van der Waals surface area contributed by atoms with Gasteiger partial charge >= 0.3 is 0 Å². The average Bonchev–Trinajstić information content (AvgIpc) is 2.32. The van der Waals surface area contributed by atoms with Gasteiger partial charge in [0.15, 0.2) is 0 Å². The minimum atomic E-state index is -0.460. The molecule has 0 spiro atoms. The third-order valence-electron chi connectivity index (χ3n) is 3.36. The van der Waals surface area contributed by atoms with Crippen molar-refractivity contribution < 1.29 is 9.18 Å². The molecule has 0 radical (unpaired) electrons. The number of benzene rings is 1. The summed E-state index contributed by atoms with van der Waals surface area (Å²) < 4.78 is 13.6. The number of hydrogen-bond donors (Lipinski definition) is 1. The molecule has 0 aromatic heterocycles. The molecule has 1 N–H and O–H groups in total. The van der Waals surface area contributed by atoms with Crippen LogP contribution in [-0.4, -0.2) is 17.3 Å². The first-order valence-corrected chi connectivity index (χ1v) is 6.71. The Hall–Kier alpha value is -1.09. The Balaban J connectivity index is 1.99. The second-order valence-corrected chi connectivity index (χ2v) is 5.52. The Kier molecular flexibility index (Phi) is 4.23. The van der Waals surface area contributed by atoms with Crippen LogP contribution in [0, 0.1) is 12.7 Å². The van der Waals surface area contributed by atoms with Crippen LogP contribution in [0.15, 0.2) is 18.2 Å². The second-order valence-electron chi connectivity index (χ2n) is 4.91. The van der Waals surface area contributed by atoms with Crippen LogP contribution in [0.3, 0.4) is 0 Å². The number of amides is 1. The quantitative estimate of drug-likeness (QED) is 0.819. The van der Waals surface area contributed by atoms with E-state index in [1.807, 2.05) is 0 Å². The van der Waals surface area contributed by atoms with Gasteiger partial charge < -0.3 is 5.32 Å².